The zero-order valence-corrected chi connectivity index (χ0v) is 12.6. The van der Waals surface area contributed by atoms with Gasteiger partial charge in [0.25, 0.3) is 0 Å². The van der Waals surface area contributed by atoms with Crippen LogP contribution in [0.2, 0.25) is 0 Å². The van der Waals surface area contributed by atoms with Crippen LogP contribution in [0.4, 0.5) is 5.69 Å². The Morgan fingerprint density at radius 3 is 2.43 bits per heavy atom. The molecule has 2 aromatic rings. The van der Waals surface area contributed by atoms with Crippen LogP contribution in [0.1, 0.15) is 36.0 Å². The molecule has 0 amide bonds. The summed E-state index contributed by atoms with van der Waals surface area (Å²) in [6.45, 7) is 4.49. The van der Waals surface area contributed by atoms with Crippen molar-refractivity contribution in [2.75, 3.05) is 18.0 Å². The van der Waals surface area contributed by atoms with Crippen molar-refractivity contribution < 1.29 is 0 Å². The van der Waals surface area contributed by atoms with E-state index >= 15 is 0 Å². The first-order valence-corrected chi connectivity index (χ1v) is 7.77. The van der Waals surface area contributed by atoms with Gasteiger partial charge in [-0.2, -0.15) is 0 Å². The normalized spacial score (nSPS) is 15.6. The molecule has 1 fully saturated rings. The maximum atomic E-state index is 4.12. The number of anilines is 1. The van der Waals surface area contributed by atoms with Crippen LogP contribution in [0.25, 0.3) is 12.2 Å². The Labute approximate surface area is 127 Å². The van der Waals surface area contributed by atoms with Gasteiger partial charge in [0, 0.05) is 31.2 Å². The van der Waals surface area contributed by atoms with E-state index in [0.29, 0.717) is 0 Å². The molecule has 1 aliphatic heterocycles. The Kier molecular flexibility index (Phi) is 4.34. The molecule has 0 N–H and O–H groups in total. The standard InChI is InChI=1S/C19H22N2/c1-16-15-20-12-11-18(16)8-5-17-6-9-19(10-7-17)21-13-3-2-4-14-21/h5-12,15H,2-4,13-14H2,1H3/b8-5+. The number of pyridine rings is 1. The molecule has 0 spiro atoms. The van der Waals surface area contributed by atoms with Crippen molar-refractivity contribution >= 4 is 17.8 Å². The zero-order valence-electron chi connectivity index (χ0n) is 12.6. The van der Waals surface area contributed by atoms with Gasteiger partial charge < -0.3 is 4.90 Å². The highest BCUT2D eigenvalue weighted by Crippen LogP contribution is 2.21. The molecule has 21 heavy (non-hydrogen) atoms. The Balaban J connectivity index is 1.71. The molecule has 0 radical (unpaired) electrons. The van der Waals surface area contributed by atoms with E-state index < -0.39 is 0 Å². The summed E-state index contributed by atoms with van der Waals surface area (Å²) in [6, 6.07) is 10.9. The first-order chi connectivity index (χ1) is 10.3. The van der Waals surface area contributed by atoms with Crippen LogP contribution in [0.5, 0.6) is 0 Å². The first-order valence-electron chi connectivity index (χ1n) is 7.77. The van der Waals surface area contributed by atoms with E-state index in [0.717, 1.165) is 0 Å². The molecule has 1 aromatic carbocycles. The third kappa shape index (κ3) is 3.52. The van der Waals surface area contributed by atoms with E-state index in [1.807, 2.05) is 18.5 Å². The Morgan fingerprint density at radius 2 is 1.71 bits per heavy atom. The van der Waals surface area contributed by atoms with Crippen LogP contribution in [0, 0.1) is 6.92 Å². The molecule has 0 bridgehead atoms. The number of hydrogen-bond acceptors (Lipinski definition) is 2. The number of benzene rings is 1. The number of aromatic nitrogens is 1. The van der Waals surface area contributed by atoms with Gasteiger partial charge in [0.15, 0.2) is 0 Å². The SMILES string of the molecule is Cc1cnccc1/C=C/c1ccc(N2CCCCC2)cc1. The summed E-state index contributed by atoms with van der Waals surface area (Å²) in [5.41, 5.74) is 5.03. The molecular formula is C19H22N2. The second-order valence-electron chi connectivity index (χ2n) is 5.70. The summed E-state index contributed by atoms with van der Waals surface area (Å²) in [5, 5.41) is 0. The van der Waals surface area contributed by atoms with E-state index in [1.165, 1.54) is 54.7 Å². The maximum Gasteiger partial charge on any atom is 0.0366 e. The predicted octanol–water partition coefficient (Wildman–Crippen LogP) is 4.55. The van der Waals surface area contributed by atoms with Crippen molar-refractivity contribution in [1.29, 1.82) is 0 Å². The molecule has 1 aliphatic rings. The third-order valence-electron chi connectivity index (χ3n) is 4.13. The van der Waals surface area contributed by atoms with Crippen molar-refractivity contribution in [2.24, 2.45) is 0 Å². The van der Waals surface area contributed by atoms with Gasteiger partial charge in [0.05, 0.1) is 0 Å². The number of hydrogen-bond donors (Lipinski definition) is 0. The summed E-state index contributed by atoms with van der Waals surface area (Å²) in [7, 11) is 0. The molecule has 108 valence electrons. The fourth-order valence-electron chi connectivity index (χ4n) is 2.81. The highest BCUT2D eigenvalue weighted by Gasteiger charge is 2.09. The van der Waals surface area contributed by atoms with E-state index in [1.54, 1.807) is 0 Å². The van der Waals surface area contributed by atoms with Gasteiger partial charge in [-0.05, 0) is 61.1 Å². The lowest BCUT2D eigenvalue weighted by Crippen LogP contribution is -2.29. The van der Waals surface area contributed by atoms with Gasteiger partial charge in [-0.1, -0.05) is 24.3 Å². The molecule has 0 aliphatic carbocycles. The van der Waals surface area contributed by atoms with Crippen LogP contribution in [-0.2, 0) is 0 Å². The topological polar surface area (TPSA) is 16.1 Å². The molecule has 1 saturated heterocycles. The largest absolute Gasteiger partial charge is 0.372 e. The van der Waals surface area contributed by atoms with Crippen LogP contribution in [-0.4, -0.2) is 18.1 Å². The van der Waals surface area contributed by atoms with E-state index in [9.17, 15) is 0 Å². The van der Waals surface area contributed by atoms with Gasteiger partial charge in [-0.15, -0.1) is 0 Å². The Bertz CT molecular complexity index is 608. The highest BCUT2D eigenvalue weighted by atomic mass is 15.1. The van der Waals surface area contributed by atoms with Gasteiger partial charge in [0.2, 0.25) is 0 Å². The van der Waals surface area contributed by atoms with Crippen molar-refractivity contribution in [2.45, 2.75) is 26.2 Å². The van der Waals surface area contributed by atoms with Crippen LogP contribution < -0.4 is 4.90 Å². The molecule has 2 heteroatoms. The van der Waals surface area contributed by atoms with E-state index in [4.69, 9.17) is 0 Å². The summed E-state index contributed by atoms with van der Waals surface area (Å²) in [5.74, 6) is 0. The lowest BCUT2D eigenvalue weighted by molar-refractivity contribution is 0.578. The van der Waals surface area contributed by atoms with Crippen molar-refractivity contribution in [3.63, 3.8) is 0 Å². The lowest BCUT2D eigenvalue weighted by Gasteiger charge is -2.28. The number of rotatable bonds is 3. The lowest BCUT2D eigenvalue weighted by atomic mass is 10.1. The molecule has 2 heterocycles. The fraction of sp³-hybridized carbons (Fsp3) is 0.316. The highest BCUT2D eigenvalue weighted by molar-refractivity contribution is 5.71. The molecule has 3 rings (SSSR count). The molecule has 0 saturated carbocycles. The summed E-state index contributed by atoms with van der Waals surface area (Å²) in [6.07, 6.45) is 12.1. The van der Waals surface area contributed by atoms with Crippen molar-refractivity contribution in [3.05, 3.63) is 59.4 Å². The minimum absolute atomic E-state index is 1.20. The molecule has 0 unspecified atom stereocenters. The van der Waals surface area contributed by atoms with Crippen molar-refractivity contribution in [1.82, 2.24) is 4.98 Å². The molecule has 0 atom stereocenters. The molecular weight excluding hydrogens is 256 g/mol. The number of nitrogens with zero attached hydrogens (tertiary/aromatic N) is 2. The van der Waals surface area contributed by atoms with Crippen LogP contribution in [0.3, 0.4) is 0 Å². The van der Waals surface area contributed by atoms with E-state index in [2.05, 4.69) is 53.2 Å². The van der Waals surface area contributed by atoms with E-state index in [-0.39, 0.29) is 0 Å². The Hall–Kier alpha value is -2.09. The monoisotopic (exact) mass is 278 g/mol. The minimum Gasteiger partial charge on any atom is -0.372 e. The maximum absolute atomic E-state index is 4.12. The zero-order chi connectivity index (χ0) is 14.5. The van der Waals surface area contributed by atoms with Gasteiger partial charge in [-0.25, -0.2) is 0 Å². The number of piperidine rings is 1. The molecule has 1 aromatic heterocycles. The smallest absolute Gasteiger partial charge is 0.0366 e. The second-order valence-corrected chi connectivity index (χ2v) is 5.70. The first kappa shape index (κ1) is 13.9. The summed E-state index contributed by atoms with van der Waals surface area (Å²) < 4.78 is 0. The predicted molar refractivity (Wildman–Crippen MR) is 90.4 cm³/mol. The van der Waals surface area contributed by atoms with Gasteiger partial charge in [0.1, 0.15) is 0 Å². The Morgan fingerprint density at radius 1 is 0.952 bits per heavy atom. The van der Waals surface area contributed by atoms with Gasteiger partial charge in [-0.3, -0.25) is 4.98 Å². The quantitative estimate of drug-likeness (QED) is 0.818. The van der Waals surface area contributed by atoms with Crippen LogP contribution in [0.15, 0.2) is 42.7 Å². The average Bonchev–Trinajstić information content (AvgIpc) is 2.55. The summed E-state index contributed by atoms with van der Waals surface area (Å²) in [4.78, 5) is 6.61. The molecule has 2 nitrogen and oxygen atoms in total. The fourth-order valence-corrected chi connectivity index (χ4v) is 2.81. The third-order valence-corrected chi connectivity index (χ3v) is 4.13. The van der Waals surface area contributed by atoms with Gasteiger partial charge >= 0.3 is 0 Å². The summed E-state index contributed by atoms with van der Waals surface area (Å²) >= 11 is 0. The number of aryl methyl sites for hydroxylation is 1. The average molecular weight is 278 g/mol. The minimum atomic E-state index is 1.20. The van der Waals surface area contributed by atoms with Crippen LogP contribution >= 0.6 is 0 Å². The van der Waals surface area contributed by atoms with Crippen molar-refractivity contribution in [3.8, 4) is 0 Å². The second kappa shape index (κ2) is 6.57.